The van der Waals surface area contributed by atoms with Crippen LogP contribution in [0.1, 0.15) is 49.7 Å². The molecule has 0 spiro atoms. The van der Waals surface area contributed by atoms with Crippen molar-refractivity contribution in [3.05, 3.63) is 52.5 Å². The van der Waals surface area contributed by atoms with Crippen molar-refractivity contribution >= 4 is 44.8 Å². The predicted octanol–water partition coefficient (Wildman–Crippen LogP) is 4.77. The van der Waals surface area contributed by atoms with Gasteiger partial charge in [-0.25, -0.2) is 8.42 Å². The smallest absolute Gasteiger partial charge is 0.243 e. The summed E-state index contributed by atoms with van der Waals surface area (Å²) < 4.78 is 28.3. The molecule has 9 heteroatoms. The number of halogens is 1. The molecule has 0 aromatic heterocycles. The number of fused-ring (bicyclic) bond motifs is 1. The Labute approximate surface area is 217 Å². The second-order valence-electron chi connectivity index (χ2n) is 10.1. The van der Waals surface area contributed by atoms with Crippen molar-refractivity contribution in [2.75, 3.05) is 29.9 Å². The molecule has 36 heavy (non-hydrogen) atoms. The number of benzene rings is 2. The molecule has 2 amide bonds. The Balaban J connectivity index is 1.24. The molecule has 1 saturated carbocycles. The highest BCUT2D eigenvalue weighted by Gasteiger charge is 2.35. The third-order valence-electron chi connectivity index (χ3n) is 7.79. The van der Waals surface area contributed by atoms with E-state index in [1.807, 2.05) is 24.0 Å². The SMILES string of the molecule is Cc1ccc(NC(=O)C2CCN(S(=O)(=O)c3ccc4c(c3)CCCN4C(=O)C3CCC3)CC2)cc1Cl. The topological polar surface area (TPSA) is 86.8 Å². The fourth-order valence-electron chi connectivity index (χ4n) is 5.26. The first-order valence-corrected chi connectivity index (χ1v) is 14.6. The molecule has 3 aliphatic rings. The minimum absolute atomic E-state index is 0.112. The summed E-state index contributed by atoms with van der Waals surface area (Å²) >= 11 is 6.16. The molecule has 0 radical (unpaired) electrons. The summed E-state index contributed by atoms with van der Waals surface area (Å²) in [7, 11) is -3.68. The van der Waals surface area contributed by atoms with Gasteiger partial charge in [0.25, 0.3) is 0 Å². The lowest BCUT2D eigenvalue weighted by atomic mass is 9.83. The second kappa shape index (κ2) is 10.1. The van der Waals surface area contributed by atoms with E-state index in [1.54, 1.807) is 24.3 Å². The van der Waals surface area contributed by atoms with Gasteiger partial charge in [0.05, 0.1) is 4.90 Å². The number of anilines is 2. The number of piperidine rings is 1. The van der Waals surface area contributed by atoms with E-state index < -0.39 is 10.0 Å². The van der Waals surface area contributed by atoms with Crippen LogP contribution in [0.5, 0.6) is 0 Å². The molecule has 0 unspecified atom stereocenters. The minimum atomic E-state index is -3.68. The van der Waals surface area contributed by atoms with Gasteiger partial charge in [-0.15, -0.1) is 0 Å². The van der Waals surface area contributed by atoms with Gasteiger partial charge in [0.2, 0.25) is 21.8 Å². The highest BCUT2D eigenvalue weighted by Crippen LogP contribution is 2.36. The standard InChI is InChI=1S/C27H32ClN3O4S/c1-18-7-8-22(17-24(18)28)29-26(32)19-11-14-30(15-12-19)36(34,35)23-9-10-25-21(16-23)6-3-13-31(25)27(33)20-4-2-5-20/h7-10,16-17,19-20H,2-6,11-15H2,1H3,(H,29,32). The van der Waals surface area contributed by atoms with Crippen molar-refractivity contribution in [3.63, 3.8) is 0 Å². The molecule has 7 nitrogen and oxygen atoms in total. The second-order valence-corrected chi connectivity index (χ2v) is 12.5. The van der Waals surface area contributed by atoms with Crippen LogP contribution in [0.15, 0.2) is 41.3 Å². The molecule has 1 N–H and O–H groups in total. The third-order valence-corrected chi connectivity index (χ3v) is 10.1. The predicted molar refractivity (Wildman–Crippen MR) is 141 cm³/mol. The van der Waals surface area contributed by atoms with E-state index in [2.05, 4.69) is 5.32 Å². The maximum absolute atomic E-state index is 13.4. The highest BCUT2D eigenvalue weighted by atomic mass is 35.5. The zero-order valence-corrected chi connectivity index (χ0v) is 22.1. The van der Waals surface area contributed by atoms with Crippen LogP contribution in [-0.4, -0.2) is 44.2 Å². The summed E-state index contributed by atoms with van der Waals surface area (Å²) in [5.74, 6) is -0.0879. The number of carbonyl (C=O) groups excluding carboxylic acids is 2. The Morgan fingerprint density at radius 2 is 1.69 bits per heavy atom. The van der Waals surface area contributed by atoms with Crippen molar-refractivity contribution in [2.24, 2.45) is 11.8 Å². The van der Waals surface area contributed by atoms with E-state index in [0.29, 0.717) is 43.2 Å². The maximum atomic E-state index is 13.4. The number of nitrogens with one attached hydrogen (secondary N) is 1. The van der Waals surface area contributed by atoms with Crippen molar-refractivity contribution < 1.29 is 18.0 Å². The average Bonchev–Trinajstić information content (AvgIpc) is 2.84. The zero-order chi connectivity index (χ0) is 25.4. The van der Waals surface area contributed by atoms with Crippen molar-refractivity contribution in [3.8, 4) is 0 Å². The van der Waals surface area contributed by atoms with Crippen molar-refractivity contribution in [2.45, 2.75) is 56.8 Å². The van der Waals surface area contributed by atoms with Gasteiger partial charge >= 0.3 is 0 Å². The van der Waals surface area contributed by atoms with Crippen LogP contribution in [0.4, 0.5) is 11.4 Å². The van der Waals surface area contributed by atoms with E-state index in [4.69, 9.17) is 11.6 Å². The first kappa shape index (κ1) is 25.2. The van der Waals surface area contributed by atoms with Gasteiger partial charge in [0.15, 0.2) is 0 Å². The van der Waals surface area contributed by atoms with Gasteiger partial charge in [0.1, 0.15) is 0 Å². The summed E-state index contributed by atoms with van der Waals surface area (Å²) in [5.41, 5.74) is 3.35. The summed E-state index contributed by atoms with van der Waals surface area (Å²) in [4.78, 5) is 27.7. The Morgan fingerprint density at radius 3 is 2.36 bits per heavy atom. The molecule has 2 heterocycles. The highest BCUT2D eigenvalue weighted by molar-refractivity contribution is 7.89. The van der Waals surface area contributed by atoms with E-state index in [9.17, 15) is 18.0 Å². The van der Waals surface area contributed by atoms with Crippen LogP contribution in [0.2, 0.25) is 5.02 Å². The van der Waals surface area contributed by atoms with Gasteiger partial charge in [0, 0.05) is 47.9 Å². The van der Waals surface area contributed by atoms with E-state index in [1.165, 1.54) is 4.31 Å². The molecule has 2 aromatic rings. The van der Waals surface area contributed by atoms with Crippen LogP contribution >= 0.6 is 11.6 Å². The first-order chi connectivity index (χ1) is 17.2. The summed E-state index contributed by atoms with van der Waals surface area (Å²) in [6, 6.07) is 10.6. The van der Waals surface area contributed by atoms with Crippen LogP contribution in [0.3, 0.4) is 0 Å². The van der Waals surface area contributed by atoms with Gasteiger partial charge in [-0.05, 0) is 86.9 Å². The van der Waals surface area contributed by atoms with Crippen molar-refractivity contribution in [1.29, 1.82) is 0 Å². The normalized spacial score (nSPS) is 19.4. The van der Waals surface area contributed by atoms with Crippen LogP contribution in [0, 0.1) is 18.8 Å². The molecular formula is C27H32ClN3O4S. The number of nitrogens with zero attached hydrogens (tertiary/aromatic N) is 2. The fraction of sp³-hybridized carbons (Fsp3) is 0.481. The number of hydrogen-bond acceptors (Lipinski definition) is 4. The molecule has 5 rings (SSSR count). The number of aryl methyl sites for hydroxylation is 2. The molecule has 0 atom stereocenters. The molecule has 0 bridgehead atoms. The lowest BCUT2D eigenvalue weighted by molar-refractivity contribution is -0.124. The Hall–Kier alpha value is -2.42. The summed E-state index contributed by atoms with van der Waals surface area (Å²) in [6.45, 7) is 3.17. The number of rotatable bonds is 5. The number of carbonyl (C=O) groups is 2. The Bertz CT molecular complexity index is 1280. The van der Waals surface area contributed by atoms with E-state index in [0.717, 1.165) is 48.9 Å². The minimum Gasteiger partial charge on any atom is -0.326 e. The number of sulfonamides is 1. The zero-order valence-electron chi connectivity index (χ0n) is 20.5. The summed E-state index contributed by atoms with van der Waals surface area (Å²) in [6.07, 6.45) is 5.51. The summed E-state index contributed by atoms with van der Waals surface area (Å²) in [5, 5.41) is 3.50. The van der Waals surface area contributed by atoms with Gasteiger partial charge in [-0.2, -0.15) is 4.31 Å². The Morgan fingerprint density at radius 1 is 0.944 bits per heavy atom. The molecule has 2 fully saturated rings. The molecule has 192 valence electrons. The lowest BCUT2D eigenvalue weighted by Crippen LogP contribution is -2.42. The van der Waals surface area contributed by atoms with Gasteiger partial charge in [-0.1, -0.05) is 24.1 Å². The van der Waals surface area contributed by atoms with Crippen LogP contribution in [0.25, 0.3) is 0 Å². The fourth-order valence-corrected chi connectivity index (χ4v) is 6.96. The van der Waals surface area contributed by atoms with Crippen molar-refractivity contribution in [1.82, 2.24) is 4.31 Å². The monoisotopic (exact) mass is 529 g/mol. The molecule has 2 aromatic carbocycles. The molecule has 2 aliphatic heterocycles. The molecular weight excluding hydrogens is 498 g/mol. The van der Waals surface area contributed by atoms with Gasteiger partial charge in [-0.3, -0.25) is 9.59 Å². The van der Waals surface area contributed by atoms with E-state index >= 15 is 0 Å². The largest absolute Gasteiger partial charge is 0.326 e. The number of hydrogen-bond donors (Lipinski definition) is 1. The van der Waals surface area contributed by atoms with Crippen LogP contribution < -0.4 is 10.2 Å². The number of amides is 2. The quantitative estimate of drug-likeness (QED) is 0.604. The average molecular weight is 530 g/mol. The molecule has 1 aliphatic carbocycles. The molecule has 1 saturated heterocycles. The first-order valence-electron chi connectivity index (χ1n) is 12.8. The third kappa shape index (κ3) is 4.91. The van der Waals surface area contributed by atoms with Gasteiger partial charge < -0.3 is 10.2 Å². The maximum Gasteiger partial charge on any atom is 0.243 e. The van der Waals surface area contributed by atoms with Crippen LogP contribution in [-0.2, 0) is 26.0 Å². The Kier molecular flexibility index (Phi) is 7.12. The lowest BCUT2D eigenvalue weighted by Gasteiger charge is -2.35. The van der Waals surface area contributed by atoms with E-state index in [-0.39, 0.29) is 28.5 Å².